The van der Waals surface area contributed by atoms with E-state index in [4.69, 9.17) is 4.74 Å². The van der Waals surface area contributed by atoms with Crippen molar-refractivity contribution in [3.8, 4) is 0 Å². The molecule has 2 aromatic rings. The predicted octanol–water partition coefficient (Wildman–Crippen LogP) is 2.83. The van der Waals surface area contributed by atoms with Crippen LogP contribution in [0.25, 0.3) is 0 Å². The smallest absolute Gasteiger partial charge is 0.253 e. The second-order valence-electron chi connectivity index (χ2n) is 6.92. The lowest BCUT2D eigenvalue weighted by molar-refractivity contribution is -0.127. The van der Waals surface area contributed by atoms with Crippen LogP contribution in [0, 0.1) is 5.92 Å². The minimum Gasteiger partial charge on any atom is -0.396 e. The van der Waals surface area contributed by atoms with Crippen molar-refractivity contribution in [3.63, 3.8) is 0 Å². The number of carbonyl (C=O) groups is 1. The Morgan fingerprint density at radius 3 is 2.70 bits per heavy atom. The lowest BCUT2D eigenvalue weighted by Crippen LogP contribution is -2.36. The van der Waals surface area contributed by atoms with Gasteiger partial charge in [0, 0.05) is 25.9 Å². The highest BCUT2D eigenvalue weighted by molar-refractivity contribution is 5.96. The van der Waals surface area contributed by atoms with Gasteiger partial charge in [-0.1, -0.05) is 30.3 Å². The molecule has 1 fully saturated rings. The van der Waals surface area contributed by atoms with Crippen molar-refractivity contribution >= 4 is 17.4 Å². The number of nitrogens with one attached hydrogen (secondary N) is 1. The lowest BCUT2D eigenvalue weighted by atomic mass is 9.98. The van der Waals surface area contributed by atoms with Gasteiger partial charge in [-0.05, 0) is 43.4 Å². The Morgan fingerprint density at radius 1 is 1.26 bits per heavy atom. The summed E-state index contributed by atoms with van der Waals surface area (Å²) in [6.07, 6.45) is 3.02. The van der Waals surface area contributed by atoms with Crippen molar-refractivity contribution < 1.29 is 14.6 Å². The minimum absolute atomic E-state index is 0.189. The van der Waals surface area contributed by atoms with Gasteiger partial charge in [-0.25, -0.2) is 4.98 Å². The van der Waals surface area contributed by atoms with Crippen molar-refractivity contribution in [3.05, 3.63) is 54.2 Å². The number of nitrogens with zero attached hydrogens (tertiary/aromatic N) is 2. The number of piperidine rings is 1. The third-order valence-corrected chi connectivity index (χ3v) is 4.93. The topological polar surface area (TPSA) is 74.7 Å². The van der Waals surface area contributed by atoms with Gasteiger partial charge in [-0.3, -0.25) is 4.79 Å². The molecule has 27 heavy (non-hydrogen) atoms. The molecule has 1 aromatic carbocycles. The first-order valence-electron chi connectivity index (χ1n) is 9.44. The average molecular weight is 369 g/mol. The minimum atomic E-state index is -0.571. The third kappa shape index (κ3) is 5.28. The largest absolute Gasteiger partial charge is 0.396 e. The SMILES string of the molecule is CC(OCc1ccccc1)C(=O)Nc1cccnc1N1CCC(CO)CC1. The molecule has 144 valence electrons. The van der Waals surface area contributed by atoms with E-state index >= 15 is 0 Å². The summed E-state index contributed by atoms with van der Waals surface area (Å²) in [5, 5.41) is 12.3. The van der Waals surface area contributed by atoms with Crippen molar-refractivity contribution in [2.75, 3.05) is 29.9 Å². The number of amides is 1. The summed E-state index contributed by atoms with van der Waals surface area (Å²) in [4.78, 5) is 19.2. The summed E-state index contributed by atoms with van der Waals surface area (Å²) in [5.41, 5.74) is 1.73. The fraction of sp³-hybridized carbons (Fsp3) is 0.429. The summed E-state index contributed by atoms with van der Waals surface area (Å²) in [6.45, 7) is 4.03. The fourth-order valence-electron chi connectivity index (χ4n) is 3.18. The Bertz CT molecular complexity index is 730. The number of ether oxygens (including phenoxy) is 1. The van der Waals surface area contributed by atoms with Gasteiger partial charge < -0.3 is 20.1 Å². The Hall–Kier alpha value is -2.44. The standard InChI is InChI=1S/C21H27N3O3/c1-16(27-15-18-6-3-2-4-7-18)21(26)23-19-8-5-11-22-20(19)24-12-9-17(14-25)10-13-24/h2-8,11,16-17,25H,9-10,12-15H2,1H3,(H,23,26). The van der Waals surface area contributed by atoms with E-state index in [0.717, 1.165) is 37.3 Å². The van der Waals surface area contributed by atoms with Gasteiger partial charge >= 0.3 is 0 Å². The number of pyridine rings is 1. The normalized spacial score (nSPS) is 16.1. The maximum atomic E-state index is 12.6. The van der Waals surface area contributed by atoms with E-state index in [1.54, 1.807) is 13.1 Å². The number of rotatable bonds is 7. The number of hydrogen-bond acceptors (Lipinski definition) is 5. The molecule has 0 aliphatic carbocycles. The number of benzene rings is 1. The van der Waals surface area contributed by atoms with Crippen LogP contribution in [-0.4, -0.2) is 41.8 Å². The van der Waals surface area contributed by atoms with Gasteiger partial charge in [0.2, 0.25) is 0 Å². The van der Waals surface area contributed by atoms with Gasteiger partial charge in [0.1, 0.15) is 6.10 Å². The Labute approximate surface area is 160 Å². The van der Waals surface area contributed by atoms with Gasteiger partial charge in [0.05, 0.1) is 12.3 Å². The van der Waals surface area contributed by atoms with E-state index in [2.05, 4.69) is 15.2 Å². The molecule has 1 unspecified atom stereocenters. The summed E-state index contributed by atoms with van der Waals surface area (Å²) < 4.78 is 5.70. The highest BCUT2D eigenvalue weighted by Gasteiger charge is 2.23. The van der Waals surface area contributed by atoms with Crippen LogP contribution >= 0.6 is 0 Å². The average Bonchev–Trinajstić information content (AvgIpc) is 2.73. The van der Waals surface area contributed by atoms with Crippen LogP contribution in [0.5, 0.6) is 0 Å². The van der Waals surface area contributed by atoms with Crippen molar-refractivity contribution in [1.29, 1.82) is 0 Å². The number of aliphatic hydroxyl groups excluding tert-OH is 1. The van der Waals surface area contributed by atoms with E-state index in [9.17, 15) is 9.90 Å². The van der Waals surface area contributed by atoms with Crippen LogP contribution in [0.1, 0.15) is 25.3 Å². The first-order valence-corrected chi connectivity index (χ1v) is 9.44. The lowest BCUT2D eigenvalue weighted by Gasteiger charge is -2.33. The summed E-state index contributed by atoms with van der Waals surface area (Å²) in [5.74, 6) is 0.942. The molecule has 6 nitrogen and oxygen atoms in total. The summed E-state index contributed by atoms with van der Waals surface area (Å²) >= 11 is 0. The number of aromatic nitrogens is 1. The summed E-state index contributed by atoms with van der Waals surface area (Å²) in [7, 11) is 0. The monoisotopic (exact) mass is 369 g/mol. The van der Waals surface area contributed by atoms with Gasteiger partial charge in [0.15, 0.2) is 5.82 Å². The zero-order valence-electron chi connectivity index (χ0n) is 15.7. The fourth-order valence-corrected chi connectivity index (χ4v) is 3.18. The van der Waals surface area contributed by atoms with Crippen LogP contribution in [0.4, 0.5) is 11.5 Å². The molecule has 6 heteroatoms. The molecule has 2 heterocycles. The molecule has 1 atom stereocenters. The summed E-state index contributed by atoms with van der Waals surface area (Å²) in [6, 6.07) is 13.5. The second-order valence-corrected chi connectivity index (χ2v) is 6.92. The van der Waals surface area contributed by atoms with Gasteiger partial charge in [-0.15, -0.1) is 0 Å². The van der Waals surface area contributed by atoms with E-state index in [-0.39, 0.29) is 12.5 Å². The molecule has 1 aromatic heterocycles. The first-order chi connectivity index (χ1) is 13.2. The Balaban J connectivity index is 1.59. The van der Waals surface area contributed by atoms with E-state index in [1.165, 1.54) is 0 Å². The van der Waals surface area contributed by atoms with E-state index in [0.29, 0.717) is 18.2 Å². The predicted molar refractivity (Wildman–Crippen MR) is 106 cm³/mol. The van der Waals surface area contributed by atoms with Crippen LogP contribution in [0.3, 0.4) is 0 Å². The molecule has 2 N–H and O–H groups in total. The molecule has 1 saturated heterocycles. The van der Waals surface area contributed by atoms with Crippen LogP contribution in [0.15, 0.2) is 48.7 Å². The van der Waals surface area contributed by atoms with Crippen LogP contribution in [-0.2, 0) is 16.1 Å². The molecule has 0 bridgehead atoms. The zero-order valence-corrected chi connectivity index (χ0v) is 15.7. The maximum absolute atomic E-state index is 12.6. The Kier molecular flexibility index (Phi) is 6.79. The molecule has 0 saturated carbocycles. The molecule has 1 aliphatic rings. The number of hydrogen-bond donors (Lipinski definition) is 2. The number of anilines is 2. The van der Waals surface area contributed by atoms with Gasteiger partial charge in [0.25, 0.3) is 5.91 Å². The molecule has 0 radical (unpaired) electrons. The first kappa shape index (κ1) is 19.3. The van der Waals surface area contributed by atoms with E-state index < -0.39 is 6.10 Å². The molecular formula is C21H27N3O3. The molecule has 1 aliphatic heterocycles. The quantitative estimate of drug-likeness (QED) is 0.785. The highest BCUT2D eigenvalue weighted by Crippen LogP contribution is 2.27. The number of carbonyl (C=O) groups excluding carboxylic acids is 1. The molecule has 1 amide bonds. The molecule has 3 rings (SSSR count). The molecule has 0 spiro atoms. The van der Waals surface area contributed by atoms with Gasteiger partial charge in [-0.2, -0.15) is 0 Å². The zero-order chi connectivity index (χ0) is 19.1. The third-order valence-electron chi connectivity index (χ3n) is 4.93. The van der Waals surface area contributed by atoms with Crippen molar-refractivity contribution in [2.45, 2.75) is 32.5 Å². The second kappa shape index (κ2) is 9.48. The van der Waals surface area contributed by atoms with Crippen LogP contribution in [0.2, 0.25) is 0 Å². The maximum Gasteiger partial charge on any atom is 0.253 e. The van der Waals surface area contributed by atoms with E-state index in [1.807, 2.05) is 42.5 Å². The van der Waals surface area contributed by atoms with Crippen LogP contribution < -0.4 is 10.2 Å². The van der Waals surface area contributed by atoms with Crippen molar-refractivity contribution in [1.82, 2.24) is 4.98 Å². The molecular weight excluding hydrogens is 342 g/mol. The Morgan fingerprint density at radius 2 is 2.00 bits per heavy atom. The van der Waals surface area contributed by atoms with Crippen molar-refractivity contribution in [2.24, 2.45) is 5.92 Å². The number of aliphatic hydroxyl groups is 1. The highest BCUT2D eigenvalue weighted by atomic mass is 16.5.